The third-order valence-corrected chi connectivity index (χ3v) is 16.6. The Morgan fingerprint density at radius 2 is 1.64 bits per heavy atom. The van der Waals surface area contributed by atoms with Crippen molar-refractivity contribution in [3.05, 3.63) is 100 Å². The minimum absolute atomic E-state index is 0.0348. The molecular formula is C50H53N7O11S2. The van der Waals surface area contributed by atoms with Gasteiger partial charge in [0.1, 0.15) is 11.0 Å². The van der Waals surface area contributed by atoms with Crippen molar-refractivity contribution >= 4 is 84.9 Å². The second-order valence-corrected chi connectivity index (χ2v) is 21.4. The fourth-order valence-electron chi connectivity index (χ4n) is 10.2. The molecule has 4 aliphatic heterocycles. The topological polar surface area (TPSA) is 223 Å². The number of hydrogen-bond donors (Lipinski definition) is 3. The molecule has 3 fully saturated rings. The Balaban J connectivity index is 0.797. The first-order valence-corrected chi connectivity index (χ1v) is 25.5. The first-order valence-electron chi connectivity index (χ1n) is 23.1. The van der Waals surface area contributed by atoms with E-state index < -0.39 is 46.1 Å². The Morgan fingerprint density at radius 3 is 2.39 bits per heavy atom. The summed E-state index contributed by atoms with van der Waals surface area (Å²) >= 11 is 1.07. The number of esters is 2. The molecule has 5 aromatic rings. The van der Waals surface area contributed by atoms with Crippen molar-refractivity contribution < 1.29 is 51.4 Å². The number of urea groups is 1. The number of thiazole rings is 1. The van der Waals surface area contributed by atoms with Gasteiger partial charge >= 0.3 is 18.0 Å². The number of hydrogen-bond acceptors (Lipinski definition) is 14. The summed E-state index contributed by atoms with van der Waals surface area (Å²) in [7, 11) is -1.32. The molecule has 366 valence electrons. The maximum Gasteiger partial charge on any atom is 0.353 e. The maximum atomic E-state index is 14.1. The number of amides is 5. The van der Waals surface area contributed by atoms with Crippen LogP contribution in [0.25, 0.3) is 21.3 Å². The van der Waals surface area contributed by atoms with Crippen molar-refractivity contribution in [3.8, 4) is 16.5 Å². The van der Waals surface area contributed by atoms with Gasteiger partial charge in [0.25, 0.3) is 5.91 Å². The van der Waals surface area contributed by atoms with E-state index in [-0.39, 0.29) is 65.7 Å². The lowest BCUT2D eigenvalue weighted by atomic mass is 9.85. The molecule has 1 aromatic heterocycles. The Morgan fingerprint density at radius 1 is 0.886 bits per heavy atom. The van der Waals surface area contributed by atoms with Gasteiger partial charge in [0.15, 0.2) is 11.5 Å². The van der Waals surface area contributed by atoms with Gasteiger partial charge in [0.05, 0.1) is 25.7 Å². The second kappa shape index (κ2) is 19.5. The number of piperidine rings is 3. The number of nitrogens with one attached hydrogen (secondary N) is 3. The molecule has 9 rings (SSSR count). The number of methoxy groups -OCH3 is 2. The van der Waals surface area contributed by atoms with Crippen LogP contribution >= 0.6 is 11.3 Å². The molecule has 0 saturated carbocycles. The summed E-state index contributed by atoms with van der Waals surface area (Å²) in [5.74, 6) is -2.51. The van der Waals surface area contributed by atoms with Crippen LogP contribution in [-0.2, 0) is 39.6 Å². The number of carbonyl (C=O) groups is 6. The van der Waals surface area contributed by atoms with E-state index in [2.05, 4.69) is 25.7 Å². The Kier molecular flexibility index (Phi) is 13.4. The van der Waals surface area contributed by atoms with Crippen LogP contribution in [0.15, 0.2) is 78.9 Å². The van der Waals surface area contributed by atoms with Gasteiger partial charge in [-0.05, 0) is 105 Å². The molecule has 0 aliphatic carbocycles. The number of sulfonamides is 1. The van der Waals surface area contributed by atoms with Crippen molar-refractivity contribution in [2.24, 2.45) is 0 Å². The molecule has 3 saturated heterocycles. The highest BCUT2D eigenvalue weighted by Gasteiger charge is 2.43. The lowest BCUT2D eigenvalue weighted by Crippen LogP contribution is -2.55. The normalized spacial score (nSPS) is 19.5. The van der Waals surface area contributed by atoms with E-state index in [1.165, 1.54) is 19.1 Å². The summed E-state index contributed by atoms with van der Waals surface area (Å²) < 4.78 is 44.8. The number of likely N-dealkylation sites (tertiary alicyclic amines) is 1. The third kappa shape index (κ3) is 9.67. The fourth-order valence-corrected chi connectivity index (χ4v) is 13.1. The van der Waals surface area contributed by atoms with Crippen LogP contribution in [0.5, 0.6) is 5.88 Å². The molecule has 0 spiro atoms. The molecule has 3 N–H and O–H groups in total. The molecule has 2 atom stereocenters. The van der Waals surface area contributed by atoms with Gasteiger partial charge < -0.3 is 29.7 Å². The van der Waals surface area contributed by atoms with Crippen LogP contribution in [0.1, 0.15) is 89.4 Å². The molecule has 5 heterocycles. The van der Waals surface area contributed by atoms with Crippen LogP contribution in [0.3, 0.4) is 0 Å². The minimum Gasteiger partial charge on any atom is -0.466 e. The summed E-state index contributed by atoms with van der Waals surface area (Å²) in [4.78, 5) is 84.0. The largest absolute Gasteiger partial charge is 0.466 e. The molecule has 20 heteroatoms. The molecule has 0 bridgehead atoms. The van der Waals surface area contributed by atoms with Crippen molar-refractivity contribution in [1.29, 1.82) is 0 Å². The van der Waals surface area contributed by atoms with Crippen molar-refractivity contribution in [2.75, 3.05) is 56.0 Å². The fraction of sp³-hybridized carbons (Fsp3) is 0.380. The monoisotopic (exact) mass is 991 g/mol. The van der Waals surface area contributed by atoms with Gasteiger partial charge in [0, 0.05) is 65.5 Å². The Labute approximate surface area is 408 Å². The van der Waals surface area contributed by atoms with Crippen LogP contribution in [-0.4, -0.2) is 116 Å². The molecule has 5 amide bonds. The van der Waals surface area contributed by atoms with Gasteiger partial charge in [-0.15, -0.1) is 11.3 Å². The van der Waals surface area contributed by atoms with Crippen LogP contribution in [0, 0.1) is 0 Å². The highest BCUT2D eigenvalue weighted by atomic mass is 32.2. The summed E-state index contributed by atoms with van der Waals surface area (Å²) in [6, 6.07) is 22.8. The molecule has 0 radical (unpaired) electrons. The number of aromatic nitrogens is 1. The van der Waals surface area contributed by atoms with Crippen LogP contribution in [0.2, 0.25) is 0 Å². The number of anilines is 3. The molecule has 70 heavy (non-hydrogen) atoms. The maximum absolute atomic E-state index is 14.1. The van der Waals surface area contributed by atoms with Gasteiger partial charge in [-0.3, -0.25) is 24.6 Å². The minimum atomic E-state index is -3.79. The van der Waals surface area contributed by atoms with E-state index in [9.17, 15) is 37.2 Å². The van der Waals surface area contributed by atoms with E-state index in [1.54, 1.807) is 39.5 Å². The number of nitrogens with zero attached hydrogens (tertiary/aromatic N) is 4. The van der Waals surface area contributed by atoms with E-state index in [0.717, 1.165) is 33.4 Å². The zero-order chi connectivity index (χ0) is 49.5. The van der Waals surface area contributed by atoms with Crippen molar-refractivity contribution in [3.63, 3.8) is 0 Å². The predicted molar refractivity (Wildman–Crippen MR) is 262 cm³/mol. The van der Waals surface area contributed by atoms with Gasteiger partial charge in [-0.1, -0.05) is 42.5 Å². The summed E-state index contributed by atoms with van der Waals surface area (Å²) in [6.07, 6.45) is 2.86. The second-order valence-electron chi connectivity index (χ2n) is 18.5. The lowest BCUT2D eigenvalue weighted by Gasteiger charge is -2.45. The van der Waals surface area contributed by atoms with Crippen LogP contribution < -0.4 is 25.6 Å². The number of benzene rings is 4. The molecule has 2 unspecified atom stereocenters. The zero-order valence-corrected chi connectivity index (χ0v) is 40.7. The smallest absolute Gasteiger partial charge is 0.353 e. The first kappa shape index (κ1) is 48.1. The highest BCUT2D eigenvalue weighted by molar-refractivity contribution is 7.88. The number of rotatable bonds is 13. The average molecular weight is 992 g/mol. The third-order valence-electron chi connectivity index (χ3n) is 13.5. The number of ether oxygens (including phenoxy) is 3. The van der Waals surface area contributed by atoms with Gasteiger partial charge in [0.2, 0.25) is 27.7 Å². The van der Waals surface area contributed by atoms with Crippen LogP contribution in [0.4, 0.5) is 21.9 Å². The van der Waals surface area contributed by atoms with E-state index in [1.807, 2.05) is 62.4 Å². The molecule has 4 aliphatic rings. The van der Waals surface area contributed by atoms with Gasteiger partial charge in [-0.25, -0.2) is 27.8 Å². The summed E-state index contributed by atoms with van der Waals surface area (Å²) in [5, 5.41) is 11.1. The van der Waals surface area contributed by atoms with Gasteiger partial charge in [-0.2, -0.15) is 4.31 Å². The highest BCUT2D eigenvalue weighted by Crippen LogP contribution is 2.44. The van der Waals surface area contributed by atoms with E-state index in [4.69, 9.17) is 9.47 Å². The van der Waals surface area contributed by atoms with E-state index in [0.29, 0.717) is 71.8 Å². The van der Waals surface area contributed by atoms with Crippen molar-refractivity contribution in [1.82, 2.24) is 19.5 Å². The molecule has 18 nitrogen and oxygen atoms in total. The first-order chi connectivity index (χ1) is 33.5. The average Bonchev–Trinajstić information content (AvgIpc) is 3.89. The standard InChI is InChI=1S/C50H53N7O11S2/c1-50(2)26-34(51-33-11-6-9-31(25-33)46-54-45(68-27-41(59)66-3)43(69-46)48(62)67-4)20-23-56(50)70(64,65)28-29-8-5-10-32(24-29)52-49(63)55-21-18-30(19-22-55)35-14-15-38-42-36(35)12-7-13-37(42)47(61)57(38)39-16-17-40(58)53-44(39)60/h5-15,24-25,30,34,39,51H,16-23,26-28H2,1-4H3,(H,52,63)(H,53,58,60). The molecule has 4 aromatic carbocycles. The number of carbonyl (C=O) groups excluding carboxylic acids is 6. The molecular weight excluding hydrogens is 939 g/mol. The quantitative estimate of drug-likeness (QED) is 0.0830. The Bertz CT molecular complexity index is 3040. The summed E-state index contributed by atoms with van der Waals surface area (Å²) in [5.41, 5.74) is 4.05. The lowest BCUT2D eigenvalue weighted by molar-refractivity contribution is -0.143. The SMILES string of the molecule is COC(=O)COc1nc(-c2cccc(NC3CCN(S(=O)(=O)Cc4cccc(NC(=O)N5CCC(c6ccc7c8c(cccc68)C(=O)N7C6CCC(=O)NC6=O)CC5)c4)C(C)(C)C3)c2)sc1C(=O)OC. The van der Waals surface area contributed by atoms with Crippen molar-refractivity contribution in [2.45, 2.75) is 81.7 Å². The predicted octanol–water partition coefficient (Wildman–Crippen LogP) is 6.66. The number of imide groups is 1. The Hall–Kier alpha value is -6.90. The van der Waals surface area contributed by atoms with E-state index >= 15 is 0 Å². The summed E-state index contributed by atoms with van der Waals surface area (Å²) in [6.45, 7) is 4.66. The zero-order valence-electron chi connectivity index (χ0n) is 39.1.